The van der Waals surface area contributed by atoms with Crippen LogP contribution >= 0.6 is 0 Å². The van der Waals surface area contributed by atoms with Crippen molar-refractivity contribution in [3.8, 4) is 17.1 Å². The summed E-state index contributed by atoms with van der Waals surface area (Å²) in [7, 11) is 0. The predicted molar refractivity (Wildman–Crippen MR) is 280 cm³/mol. The number of nitrogens with two attached hydrogens (primary N) is 3. The summed E-state index contributed by atoms with van der Waals surface area (Å²) in [6.45, 7) is 7.66. The Hall–Kier alpha value is -9.64. The second kappa shape index (κ2) is 26.0. The van der Waals surface area contributed by atoms with Gasteiger partial charge in [0.2, 0.25) is 5.95 Å². The highest BCUT2D eigenvalue weighted by molar-refractivity contribution is 5.98. The van der Waals surface area contributed by atoms with Crippen molar-refractivity contribution in [3.63, 3.8) is 0 Å². The molecule has 0 radical (unpaired) electrons. The van der Waals surface area contributed by atoms with E-state index in [1.165, 1.54) is 30.5 Å². The van der Waals surface area contributed by atoms with Gasteiger partial charge in [0, 0.05) is 109 Å². The van der Waals surface area contributed by atoms with Crippen molar-refractivity contribution in [3.05, 3.63) is 208 Å². The SMILES string of the molecule is Cc1ncc[nH]1.Cc1nccn1-c1cccc(N)c1.Cc1nccn1-c1cccc(Nc2nc(N[C@@H]3CCCC[C@@H]3N)ncc2C(N)=O)c1.Cc1nccn1-c1cccc([N+](=O)[O-])c1.O=[N+]([O-])c1cccc(F)c1. The van der Waals surface area contributed by atoms with Gasteiger partial charge in [-0.2, -0.15) is 4.98 Å². The number of aryl methyl sites for hydroxylation is 4. The van der Waals surface area contributed by atoms with E-state index >= 15 is 0 Å². The number of carbonyl (C=O) groups is 1. The molecule has 4 aromatic carbocycles. The monoisotopic (exact) mass is 1010 g/mol. The van der Waals surface area contributed by atoms with Crippen LogP contribution in [0.2, 0.25) is 0 Å². The number of carbonyl (C=O) groups excluding carboxylic acids is 1. The van der Waals surface area contributed by atoms with Gasteiger partial charge in [-0.1, -0.05) is 37.1 Å². The number of benzene rings is 4. The molecule has 1 fully saturated rings. The van der Waals surface area contributed by atoms with E-state index in [9.17, 15) is 29.4 Å². The molecule has 9 aromatic rings. The fourth-order valence-electron chi connectivity index (χ4n) is 7.42. The molecule has 0 unspecified atom stereocenters. The van der Waals surface area contributed by atoms with Crippen LogP contribution in [-0.2, 0) is 0 Å². The summed E-state index contributed by atoms with van der Waals surface area (Å²) >= 11 is 0. The second-order valence-electron chi connectivity index (χ2n) is 16.5. The smallest absolute Gasteiger partial charge is 0.272 e. The average Bonchev–Trinajstić information content (AvgIpc) is 4.23. The number of aromatic amines is 1. The predicted octanol–water partition coefficient (Wildman–Crippen LogP) is 8.80. The molecule has 5 heterocycles. The van der Waals surface area contributed by atoms with Gasteiger partial charge in [0.1, 0.15) is 40.5 Å². The third kappa shape index (κ3) is 15.4. The number of nitro benzene ring substituents is 2. The van der Waals surface area contributed by atoms with Gasteiger partial charge in [-0.15, -0.1) is 0 Å². The molecule has 0 spiro atoms. The van der Waals surface area contributed by atoms with Gasteiger partial charge < -0.3 is 46.5 Å². The number of non-ortho nitro benzene ring substituents is 2. The number of nitrogens with zero attached hydrogens (tertiary/aromatic N) is 11. The Morgan fingerprint density at radius 2 is 1.24 bits per heavy atom. The van der Waals surface area contributed by atoms with Crippen LogP contribution < -0.4 is 27.8 Å². The number of aromatic nitrogens is 10. The van der Waals surface area contributed by atoms with Crippen LogP contribution in [0.15, 0.2) is 153 Å². The number of nitrogens with one attached hydrogen (secondary N) is 3. The molecule has 0 aliphatic heterocycles. The van der Waals surface area contributed by atoms with Crippen molar-refractivity contribution in [2.24, 2.45) is 11.5 Å². The quantitative estimate of drug-likeness (QED) is 0.0423. The maximum Gasteiger partial charge on any atom is 0.272 e. The van der Waals surface area contributed by atoms with Gasteiger partial charge in [-0.3, -0.25) is 25.0 Å². The Kier molecular flexibility index (Phi) is 18.9. The third-order valence-electron chi connectivity index (χ3n) is 11.2. The summed E-state index contributed by atoms with van der Waals surface area (Å²) in [4.78, 5) is 59.5. The maximum atomic E-state index is 12.2. The van der Waals surface area contributed by atoms with Crippen LogP contribution in [0, 0.1) is 53.7 Å². The van der Waals surface area contributed by atoms with Crippen molar-refractivity contribution in [2.45, 2.75) is 65.5 Å². The van der Waals surface area contributed by atoms with Gasteiger partial charge in [0.15, 0.2) is 0 Å². The molecule has 1 amide bonds. The van der Waals surface area contributed by atoms with Crippen LogP contribution in [0.3, 0.4) is 0 Å². The first-order valence-corrected chi connectivity index (χ1v) is 23.1. The highest BCUT2D eigenvalue weighted by Crippen LogP contribution is 2.25. The molecule has 1 aliphatic carbocycles. The van der Waals surface area contributed by atoms with Crippen molar-refractivity contribution >= 4 is 40.4 Å². The summed E-state index contributed by atoms with van der Waals surface area (Å²) in [6, 6.07) is 26.7. The summed E-state index contributed by atoms with van der Waals surface area (Å²) < 4.78 is 18.0. The first-order chi connectivity index (χ1) is 35.6. The lowest BCUT2D eigenvalue weighted by Crippen LogP contribution is -2.43. The van der Waals surface area contributed by atoms with Crippen LogP contribution in [0.1, 0.15) is 59.3 Å². The van der Waals surface area contributed by atoms with Crippen molar-refractivity contribution in [1.29, 1.82) is 0 Å². The molecule has 0 saturated heterocycles. The average molecular weight is 1010 g/mol. The Labute approximate surface area is 424 Å². The zero-order valence-electron chi connectivity index (χ0n) is 41.0. The summed E-state index contributed by atoms with van der Waals surface area (Å²) in [6.07, 6.45) is 20.0. The number of nitro groups is 2. The zero-order chi connectivity index (χ0) is 53.1. The standard InChI is InChI=1S/C21H26N8O.C10H9N3O2.C10H11N3.C6H4FNO2.C4H6N2/c1-13-24-9-10-29(13)15-6-4-5-14(11-15)26-20-16(19(23)30)12-25-21(28-20)27-18-8-3-2-7-17(18)22;1-8-11-5-6-12(8)9-3-2-4-10(7-9)13(14)15;1-8-12-5-6-13(8)10-4-2-3-9(11)7-10;7-5-2-1-3-6(4-5)8(9)10;1-4-5-2-3-6-4/h4-6,9-12,17-18H,2-3,7-8,22H2,1H3,(H2,23,30)(H2,25,26,27,28);2-7H,1H3;2-7H,11H2,1H3;1-4H;2-3H,1H3,(H,5,6)/t17-,18+;;;;/m0..../s1. The van der Waals surface area contributed by atoms with Crippen molar-refractivity contribution < 1.29 is 19.0 Å². The van der Waals surface area contributed by atoms with Gasteiger partial charge in [0.05, 0.1) is 21.6 Å². The Morgan fingerprint density at radius 3 is 1.72 bits per heavy atom. The molecule has 382 valence electrons. The van der Waals surface area contributed by atoms with E-state index in [1.54, 1.807) is 47.8 Å². The number of hydrogen-bond acceptors (Lipinski definition) is 15. The minimum Gasteiger partial charge on any atom is -0.399 e. The fraction of sp³-hybridized carbons (Fsp3) is 0.196. The Morgan fingerprint density at radius 1 is 0.703 bits per heavy atom. The first-order valence-electron chi connectivity index (χ1n) is 23.1. The lowest BCUT2D eigenvalue weighted by molar-refractivity contribution is -0.385. The molecule has 1 saturated carbocycles. The molecule has 23 heteroatoms. The van der Waals surface area contributed by atoms with E-state index in [4.69, 9.17) is 17.2 Å². The minimum atomic E-state index is -0.636. The van der Waals surface area contributed by atoms with E-state index in [1.807, 2.05) is 104 Å². The van der Waals surface area contributed by atoms with E-state index in [-0.39, 0.29) is 29.0 Å². The van der Waals surface area contributed by atoms with Crippen molar-refractivity contribution in [2.75, 3.05) is 16.4 Å². The lowest BCUT2D eigenvalue weighted by atomic mass is 9.91. The molecular weight excluding hydrogens is 950 g/mol. The Bertz CT molecular complexity index is 3260. The Balaban J connectivity index is 0.000000169. The van der Waals surface area contributed by atoms with Crippen LogP contribution in [0.5, 0.6) is 0 Å². The molecule has 9 N–H and O–H groups in total. The lowest BCUT2D eigenvalue weighted by Gasteiger charge is -2.29. The highest BCUT2D eigenvalue weighted by Gasteiger charge is 2.23. The van der Waals surface area contributed by atoms with Gasteiger partial charge in [0.25, 0.3) is 17.3 Å². The van der Waals surface area contributed by atoms with Gasteiger partial charge in [-0.05, 0) is 89.1 Å². The van der Waals surface area contributed by atoms with Gasteiger partial charge >= 0.3 is 0 Å². The number of rotatable bonds is 10. The molecular formula is C51H56FN17O5. The van der Waals surface area contributed by atoms with Gasteiger partial charge in [-0.25, -0.2) is 29.3 Å². The zero-order valence-corrected chi connectivity index (χ0v) is 41.0. The fourth-order valence-corrected chi connectivity index (χ4v) is 7.42. The minimum absolute atomic E-state index is 0.0599. The topological polar surface area (TPSA) is 313 Å². The third-order valence-corrected chi connectivity index (χ3v) is 11.2. The number of halogens is 1. The number of amides is 1. The number of anilines is 4. The number of nitrogen functional groups attached to an aromatic ring is 1. The first kappa shape index (κ1) is 53.7. The van der Waals surface area contributed by atoms with E-state index in [0.717, 1.165) is 89.6 Å². The normalized spacial score (nSPS) is 13.4. The summed E-state index contributed by atoms with van der Waals surface area (Å²) in [5, 5.41) is 27.1. The van der Waals surface area contributed by atoms with E-state index in [2.05, 4.69) is 45.5 Å². The number of imidazole rings is 4. The highest BCUT2D eigenvalue weighted by atomic mass is 19.1. The summed E-state index contributed by atoms with van der Waals surface area (Å²) in [5.74, 6) is 3.20. The number of hydrogen-bond donors (Lipinski definition) is 6. The molecule has 1 aliphatic rings. The summed E-state index contributed by atoms with van der Waals surface area (Å²) in [5.41, 5.74) is 21.8. The molecule has 2 atom stereocenters. The molecule has 74 heavy (non-hydrogen) atoms. The van der Waals surface area contributed by atoms with Crippen LogP contribution in [0.4, 0.5) is 38.9 Å². The maximum absolute atomic E-state index is 12.2. The largest absolute Gasteiger partial charge is 0.399 e. The molecule has 0 bridgehead atoms. The number of primary amides is 1. The van der Waals surface area contributed by atoms with E-state index < -0.39 is 21.6 Å². The molecule has 22 nitrogen and oxygen atoms in total. The van der Waals surface area contributed by atoms with Crippen molar-refractivity contribution in [1.82, 2.24) is 48.6 Å². The van der Waals surface area contributed by atoms with Crippen LogP contribution in [-0.4, -0.2) is 76.4 Å². The van der Waals surface area contributed by atoms with Crippen LogP contribution in [0.25, 0.3) is 17.1 Å². The molecule has 5 aromatic heterocycles. The number of H-pyrrole nitrogens is 1. The van der Waals surface area contributed by atoms with E-state index in [0.29, 0.717) is 11.8 Å². The second-order valence-corrected chi connectivity index (χ2v) is 16.5. The molecule has 10 rings (SSSR count).